The summed E-state index contributed by atoms with van der Waals surface area (Å²) in [5, 5.41) is 0. The smallest absolute Gasteiger partial charge is 0.429 e. The minimum atomic E-state index is -4.57. The zero-order valence-electron chi connectivity index (χ0n) is 19.1. The van der Waals surface area contributed by atoms with Crippen molar-refractivity contribution in [2.45, 2.75) is 84.7 Å². The summed E-state index contributed by atoms with van der Waals surface area (Å²) in [6.45, 7) is 2.18. The molecule has 2 aromatic carbocycles. The van der Waals surface area contributed by atoms with Gasteiger partial charge in [0, 0.05) is 12.1 Å². The van der Waals surface area contributed by atoms with Gasteiger partial charge in [-0.3, -0.25) is 0 Å². The molecule has 8 heteroatoms. The Morgan fingerprint density at radius 2 is 1.29 bits per heavy atom. The van der Waals surface area contributed by atoms with Crippen molar-refractivity contribution >= 4 is 0 Å². The standard InChI is InChI=1S/C26H29F7O.CH4/c1-2-3-4-5-16-6-8-17(9-7-16)10-11-18-12-20(27)24(21(28)13-18)26(32,33)34-19-14-22(29)25(31)23(30)15-19;/h12-17H,2-11H2,1H3;1H4. The van der Waals surface area contributed by atoms with Gasteiger partial charge in [0.25, 0.3) is 0 Å². The van der Waals surface area contributed by atoms with Crippen molar-refractivity contribution in [1.82, 2.24) is 0 Å². The molecule has 3 rings (SSSR count). The van der Waals surface area contributed by atoms with Crippen molar-refractivity contribution in [1.29, 1.82) is 0 Å². The molecule has 2 aromatic rings. The third-order valence-electron chi connectivity index (χ3n) is 6.62. The molecule has 0 bridgehead atoms. The van der Waals surface area contributed by atoms with E-state index in [-0.39, 0.29) is 25.1 Å². The second-order valence-electron chi connectivity index (χ2n) is 9.18. The van der Waals surface area contributed by atoms with Crippen LogP contribution in [0.5, 0.6) is 5.75 Å². The van der Waals surface area contributed by atoms with Crippen LogP contribution in [-0.2, 0) is 12.5 Å². The molecule has 0 heterocycles. The minimum absolute atomic E-state index is 0. The van der Waals surface area contributed by atoms with E-state index in [1.807, 2.05) is 0 Å². The number of aryl methyl sites for hydroxylation is 1. The van der Waals surface area contributed by atoms with Crippen LogP contribution in [0.2, 0.25) is 0 Å². The fraction of sp³-hybridized carbons (Fsp3) is 0.556. The molecule has 0 saturated heterocycles. The Labute approximate surface area is 202 Å². The first-order valence-electron chi connectivity index (χ1n) is 11.8. The van der Waals surface area contributed by atoms with E-state index >= 15 is 0 Å². The molecule has 0 amide bonds. The predicted octanol–water partition coefficient (Wildman–Crippen LogP) is 9.47. The summed E-state index contributed by atoms with van der Waals surface area (Å²) in [4.78, 5) is 0. The van der Waals surface area contributed by atoms with Gasteiger partial charge in [0.1, 0.15) is 22.9 Å². The second kappa shape index (κ2) is 12.6. The summed E-state index contributed by atoms with van der Waals surface area (Å²) in [6, 6.07) is 2.01. The normalized spacial score (nSPS) is 18.3. The monoisotopic (exact) mass is 506 g/mol. The number of alkyl halides is 2. The number of unbranched alkanes of at least 4 members (excludes halogenated alkanes) is 2. The van der Waals surface area contributed by atoms with Crippen LogP contribution in [0.4, 0.5) is 30.7 Å². The Hall–Kier alpha value is -2.25. The van der Waals surface area contributed by atoms with Crippen LogP contribution in [0.3, 0.4) is 0 Å². The molecule has 1 saturated carbocycles. The van der Waals surface area contributed by atoms with Gasteiger partial charge in [-0.25, -0.2) is 22.0 Å². The van der Waals surface area contributed by atoms with Crippen LogP contribution < -0.4 is 4.74 Å². The van der Waals surface area contributed by atoms with Crippen LogP contribution in [0.15, 0.2) is 24.3 Å². The molecule has 0 N–H and O–H groups in total. The number of hydrogen-bond donors (Lipinski definition) is 0. The van der Waals surface area contributed by atoms with E-state index in [4.69, 9.17) is 0 Å². The fourth-order valence-electron chi connectivity index (χ4n) is 4.70. The Balaban J connectivity index is 0.00000432. The SMILES string of the molecule is C.CCCCCC1CCC(CCc2cc(F)c(C(F)(F)Oc3cc(F)c(F)c(F)c3)c(F)c2)CC1. The van der Waals surface area contributed by atoms with Gasteiger partial charge < -0.3 is 4.74 Å². The highest BCUT2D eigenvalue weighted by Crippen LogP contribution is 2.37. The minimum Gasteiger partial charge on any atom is -0.429 e. The predicted molar refractivity (Wildman–Crippen MR) is 122 cm³/mol. The highest BCUT2D eigenvalue weighted by molar-refractivity contribution is 5.31. The molecular formula is C27H33F7O. The van der Waals surface area contributed by atoms with E-state index in [9.17, 15) is 30.7 Å². The van der Waals surface area contributed by atoms with Crippen molar-refractivity contribution in [3.8, 4) is 5.75 Å². The number of ether oxygens (including phenoxy) is 1. The highest BCUT2D eigenvalue weighted by Gasteiger charge is 2.41. The lowest BCUT2D eigenvalue weighted by Crippen LogP contribution is -2.25. The lowest BCUT2D eigenvalue weighted by atomic mass is 9.78. The Morgan fingerprint density at radius 1 is 0.771 bits per heavy atom. The van der Waals surface area contributed by atoms with Crippen molar-refractivity contribution in [2.24, 2.45) is 11.8 Å². The zero-order chi connectivity index (χ0) is 24.9. The van der Waals surface area contributed by atoms with Crippen molar-refractivity contribution in [3.63, 3.8) is 0 Å². The van der Waals surface area contributed by atoms with Gasteiger partial charge in [-0.05, 0) is 42.4 Å². The molecule has 1 aliphatic rings. The van der Waals surface area contributed by atoms with Gasteiger partial charge in [0.2, 0.25) is 0 Å². The molecule has 1 fully saturated rings. The van der Waals surface area contributed by atoms with E-state index in [1.165, 1.54) is 25.7 Å². The molecule has 0 spiro atoms. The van der Waals surface area contributed by atoms with E-state index in [2.05, 4.69) is 11.7 Å². The molecule has 35 heavy (non-hydrogen) atoms. The first-order valence-corrected chi connectivity index (χ1v) is 11.8. The van der Waals surface area contributed by atoms with Gasteiger partial charge in [-0.1, -0.05) is 65.7 Å². The molecule has 0 unspecified atom stereocenters. The van der Waals surface area contributed by atoms with Crippen LogP contribution >= 0.6 is 0 Å². The average molecular weight is 507 g/mol. The summed E-state index contributed by atoms with van der Waals surface area (Å²) in [5.41, 5.74) is -1.42. The number of halogens is 7. The van der Waals surface area contributed by atoms with Crippen LogP contribution in [0.25, 0.3) is 0 Å². The van der Waals surface area contributed by atoms with Crippen molar-refractivity contribution < 1.29 is 35.5 Å². The summed E-state index contributed by atoms with van der Waals surface area (Å²) in [5.74, 6) is -8.39. The Kier molecular flexibility index (Phi) is 10.5. The molecule has 1 nitrogen and oxygen atoms in total. The summed E-state index contributed by atoms with van der Waals surface area (Å²) in [6.07, 6.45) is 5.81. The van der Waals surface area contributed by atoms with Crippen molar-refractivity contribution in [2.75, 3.05) is 0 Å². The lowest BCUT2D eigenvalue weighted by Gasteiger charge is -2.28. The van der Waals surface area contributed by atoms with Crippen LogP contribution in [0, 0.1) is 40.9 Å². The fourth-order valence-corrected chi connectivity index (χ4v) is 4.70. The molecule has 0 radical (unpaired) electrons. The number of benzene rings is 2. The third kappa shape index (κ3) is 7.61. The third-order valence-corrected chi connectivity index (χ3v) is 6.62. The van der Waals surface area contributed by atoms with E-state index in [0.717, 1.165) is 43.7 Å². The van der Waals surface area contributed by atoms with Gasteiger partial charge in [0.15, 0.2) is 17.5 Å². The number of rotatable bonds is 10. The number of hydrogen-bond acceptors (Lipinski definition) is 1. The average Bonchev–Trinajstić information content (AvgIpc) is 2.76. The van der Waals surface area contributed by atoms with Crippen LogP contribution in [0.1, 0.15) is 83.3 Å². The summed E-state index contributed by atoms with van der Waals surface area (Å²) < 4.78 is 102. The summed E-state index contributed by atoms with van der Waals surface area (Å²) >= 11 is 0. The second-order valence-corrected chi connectivity index (χ2v) is 9.18. The zero-order valence-corrected chi connectivity index (χ0v) is 19.1. The van der Waals surface area contributed by atoms with E-state index in [1.54, 1.807) is 0 Å². The maximum absolute atomic E-state index is 14.5. The summed E-state index contributed by atoms with van der Waals surface area (Å²) in [7, 11) is 0. The maximum atomic E-state index is 14.5. The highest BCUT2D eigenvalue weighted by atomic mass is 19.3. The first kappa shape index (κ1) is 29.0. The van der Waals surface area contributed by atoms with Gasteiger partial charge >= 0.3 is 6.11 Å². The van der Waals surface area contributed by atoms with Gasteiger partial charge in [-0.2, -0.15) is 8.78 Å². The Morgan fingerprint density at radius 3 is 1.80 bits per heavy atom. The first-order chi connectivity index (χ1) is 16.1. The topological polar surface area (TPSA) is 9.23 Å². The molecular weight excluding hydrogens is 473 g/mol. The van der Waals surface area contributed by atoms with Gasteiger partial charge in [0.05, 0.1) is 0 Å². The molecule has 196 valence electrons. The van der Waals surface area contributed by atoms with Crippen molar-refractivity contribution in [3.05, 3.63) is 64.5 Å². The van der Waals surface area contributed by atoms with Gasteiger partial charge in [-0.15, -0.1) is 0 Å². The van der Waals surface area contributed by atoms with Crippen LogP contribution in [-0.4, -0.2) is 0 Å². The molecule has 1 aliphatic carbocycles. The Bertz CT molecular complexity index is 922. The largest absolute Gasteiger partial charge is 0.432 e. The van der Waals surface area contributed by atoms with E-state index < -0.39 is 46.5 Å². The molecule has 0 aromatic heterocycles. The molecule has 0 atom stereocenters. The maximum Gasteiger partial charge on any atom is 0.432 e. The van der Waals surface area contributed by atoms with E-state index in [0.29, 0.717) is 18.8 Å². The molecule has 0 aliphatic heterocycles. The lowest BCUT2D eigenvalue weighted by molar-refractivity contribution is -0.189. The quantitative estimate of drug-likeness (QED) is 0.177.